The molecule has 2 fully saturated rings. The maximum absolute atomic E-state index is 6.25. The summed E-state index contributed by atoms with van der Waals surface area (Å²) in [4.78, 5) is 0. The van der Waals surface area contributed by atoms with Gasteiger partial charge in [-0.3, -0.25) is 0 Å². The van der Waals surface area contributed by atoms with Gasteiger partial charge < -0.3 is 32.9 Å². The predicted molar refractivity (Wildman–Crippen MR) is 183 cm³/mol. The molecule has 40 heavy (non-hydrogen) atoms. The normalized spacial score (nSPS) is 45.8. The summed E-state index contributed by atoms with van der Waals surface area (Å²) >= 11 is 0. The maximum atomic E-state index is 6.25. The molecule has 0 spiro atoms. The van der Waals surface area contributed by atoms with Gasteiger partial charge in [0.1, 0.15) is 0 Å². The van der Waals surface area contributed by atoms with Crippen LogP contribution in [0.3, 0.4) is 0 Å². The molecule has 2 aliphatic rings. The SMILES string of the molecule is C=C[Si]1(C)O[Si](C)(C=C)O[Si](C)(C=C)O[Si](C)(C=C)O1.C=C[Si]1(C)O[Si](C)(C=C)O[Si](C)(C=C)O[Si](C)(C=C)O1. The van der Waals surface area contributed by atoms with Crippen LogP contribution in [0.2, 0.25) is 52.4 Å². The van der Waals surface area contributed by atoms with Crippen LogP contribution in [-0.4, -0.2) is 68.5 Å². The highest BCUT2D eigenvalue weighted by Crippen LogP contribution is 2.33. The molecule has 2 aliphatic heterocycles. The second-order valence-electron chi connectivity index (χ2n) is 10.6. The Hall–Kier alpha value is -0.665. The van der Waals surface area contributed by atoms with E-state index in [1.807, 2.05) is 52.4 Å². The van der Waals surface area contributed by atoms with Crippen LogP contribution in [0, 0.1) is 0 Å². The summed E-state index contributed by atoms with van der Waals surface area (Å²) in [5.41, 5.74) is 14.0. The monoisotopic (exact) mass is 688 g/mol. The molecular weight excluding hydrogens is 641 g/mol. The van der Waals surface area contributed by atoms with Crippen LogP contribution in [0.15, 0.2) is 98.2 Å². The maximum Gasteiger partial charge on any atom is 0.344 e. The third kappa shape index (κ3) is 9.69. The molecule has 16 heteroatoms. The molecule has 0 unspecified atom stereocenters. The van der Waals surface area contributed by atoms with Crippen molar-refractivity contribution >= 4 is 68.5 Å². The summed E-state index contributed by atoms with van der Waals surface area (Å²) in [5, 5.41) is 0. The molecule has 2 heterocycles. The summed E-state index contributed by atoms with van der Waals surface area (Å²) in [6, 6.07) is 0. The molecule has 0 saturated carbocycles. The van der Waals surface area contributed by atoms with E-state index >= 15 is 0 Å². The van der Waals surface area contributed by atoms with Crippen molar-refractivity contribution in [3.8, 4) is 0 Å². The van der Waals surface area contributed by atoms with E-state index in [1.165, 1.54) is 0 Å². The Balaban J connectivity index is 0.000000400. The highest BCUT2D eigenvalue weighted by Gasteiger charge is 2.55. The van der Waals surface area contributed by atoms with Crippen molar-refractivity contribution in [1.82, 2.24) is 0 Å². The van der Waals surface area contributed by atoms with Gasteiger partial charge >= 0.3 is 68.5 Å². The van der Waals surface area contributed by atoms with Crippen molar-refractivity contribution in [3.63, 3.8) is 0 Å². The lowest BCUT2D eigenvalue weighted by Crippen LogP contribution is -2.65. The van der Waals surface area contributed by atoms with Crippen LogP contribution < -0.4 is 0 Å². The molecule has 0 radical (unpaired) electrons. The first-order valence-electron chi connectivity index (χ1n) is 12.8. The smallest absolute Gasteiger partial charge is 0.344 e. The summed E-state index contributed by atoms with van der Waals surface area (Å²) in [5.74, 6) is 0. The van der Waals surface area contributed by atoms with Crippen molar-refractivity contribution in [1.29, 1.82) is 0 Å². The molecule has 224 valence electrons. The van der Waals surface area contributed by atoms with Crippen LogP contribution in [0.5, 0.6) is 0 Å². The number of rotatable bonds is 8. The minimum absolute atomic E-state index is 1.75. The van der Waals surface area contributed by atoms with Crippen molar-refractivity contribution in [2.24, 2.45) is 0 Å². The molecule has 0 atom stereocenters. The summed E-state index contributed by atoms with van der Waals surface area (Å²) in [7, 11) is -20.8. The Labute approximate surface area is 251 Å². The third-order valence-corrected chi connectivity index (χ3v) is 38.1. The molecule has 0 aliphatic carbocycles. The first kappa shape index (κ1) is 37.4. The molecule has 0 amide bonds. The molecule has 0 bridgehead atoms. The van der Waals surface area contributed by atoms with E-state index in [0.29, 0.717) is 0 Å². The molecule has 2 saturated heterocycles. The molecule has 8 nitrogen and oxygen atoms in total. The van der Waals surface area contributed by atoms with E-state index in [-0.39, 0.29) is 0 Å². The summed E-state index contributed by atoms with van der Waals surface area (Å²) < 4.78 is 50.0. The van der Waals surface area contributed by atoms with Crippen LogP contribution in [0.1, 0.15) is 0 Å². The molecule has 0 aromatic heterocycles. The highest BCUT2D eigenvalue weighted by atomic mass is 28.5. The molecule has 2 rings (SSSR count). The minimum Gasteiger partial charge on any atom is -0.410 e. The fourth-order valence-electron chi connectivity index (χ4n) is 4.05. The molecule has 0 N–H and O–H groups in total. The Kier molecular flexibility index (Phi) is 12.4. The zero-order chi connectivity index (χ0) is 31.3. The van der Waals surface area contributed by atoms with Crippen LogP contribution in [-0.2, 0) is 32.9 Å². The number of hydrogen-bond donors (Lipinski definition) is 0. The van der Waals surface area contributed by atoms with Gasteiger partial charge in [-0.2, -0.15) is 0 Å². The lowest BCUT2D eigenvalue weighted by molar-refractivity contribution is 0.248. The predicted octanol–water partition coefficient (Wildman–Crippen LogP) is 6.51. The van der Waals surface area contributed by atoms with Crippen LogP contribution >= 0.6 is 0 Å². The third-order valence-electron chi connectivity index (χ3n) is 6.21. The zero-order valence-electron chi connectivity index (χ0n) is 25.5. The van der Waals surface area contributed by atoms with E-state index in [2.05, 4.69) is 52.6 Å². The Morgan fingerprint density at radius 1 is 0.250 bits per heavy atom. The second-order valence-corrected chi connectivity index (χ2v) is 36.6. The summed E-state index contributed by atoms with van der Waals surface area (Å²) in [6.07, 6.45) is 0. The lowest BCUT2D eigenvalue weighted by Gasteiger charge is -2.46. The molecular formula is C24H48O8Si8. The summed E-state index contributed by atoms with van der Waals surface area (Å²) in [6.45, 7) is 46.3. The van der Waals surface area contributed by atoms with Gasteiger partial charge in [0.25, 0.3) is 0 Å². The van der Waals surface area contributed by atoms with Crippen molar-refractivity contribution in [2.75, 3.05) is 0 Å². The average Bonchev–Trinajstić information content (AvgIpc) is 2.87. The van der Waals surface area contributed by atoms with Gasteiger partial charge in [-0.05, 0) is 52.4 Å². The zero-order valence-corrected chi connectivity index (χ0v) is 33.5. The first-order valence-corrected chi connectivity index (χ1v) is 32.0. The van der Waals surface area contributed by atoms with Crippen LogP contribution in [0.4, 0.5) is 0 Å². The Bertz CT molecular complexity index is 778. The van der Waals surface area contributed by atoms with Gasteiger partial charge in [-0.15, -0.1) is 52.6 Å². The van der Waals surface area contributed by atoms with Gasteiger partial charge in [0.15, 0.2) is 0 Å². The van der Waals surface area contributed by atoms with Crippen LogP contribution in [0.25, 0.3) is 0 Å². The molecule has 0 aromatic carbocycles. The Morgan fingerprint density at radius 3 is 0.375 bits per heavy atom. The van der Waals surface area contributed by atoms with Gasteiger partial charge in [0.05, 0.1) is 0 Å². The van der Waals surface area contributed by atoms with E-state index in [0.717, 1.165) is 0 Å². The van der Waals surface area contributed by atoms with E-state index < -0.39 is 68.5 Å². The van der Waals surface area contributed by atoms with Gasteiger partial charge in [0.2, 0.25) is 0 Å². The minimum atomic E-state index is -2.60. The topological polar surface area (TPSA) is 73.8 Å². The quantitative estimate of drug-likeness (QED) is 0.268. The van der Waals surface area contributed by atoms with E-state index in [9.17, 15) is 0 Å². The van der Waals surface area contributed by atoms with Crippen molar-refractivity contribution in [3.05, 3.63) is 98.2 Å². The number of hydrogen-bond acceptors (Lipinski definition) is 8. The van der Waals surface area contributed by atoms with Crippen molar-refractivity contribution in [2.45, 2.75) is 52.4 Å². The fourth-order valence-corrected chi connectivity index (χ4v) is 39.5. The highest BCUT2D eigenvalue weighted by molar-refractivity contribution is 6.99. The van der Waals surface area contributed by atoms with Gasteiger partial charge in [-0.25, -0.2) is 0 Å². The largest absolute Gasteiger partial charge is 0.410 e. The second kappa shape index (κ2) is 13.3. The average molecular weight is 689 g/mol. The van der Waals surface area contributed by atoms with Gasteiger partial charge in [0, 0.05) is 0 Å². The van der Waals surface area contributed by atoms with E-state index in [4.69, 9.17) is 32.9 Å². The van der Waals surface area contributed by atoms with Crippen molar-refractivity contribution < 1.29 is 32.9 Å². The fraction of sp³-hybridized carbons (Fsp3) is 0.333. The molecule has 0 aromatic rings. The van der Waals surface area contributed by atoms with Gasteiger partial charge in [-0.1, -0.05) is 45.6 Å². The Morgan fingerprint density at radius 2 is 0.325 bits per heavy atom. The van der Waals surface area contributed by atoms with E-state index in [1.54, 1.807) is 45.6 Å². The first-order chi connectivity index (χ1) is 18.1. The standard InChI is InChI=1S/2C12H24O4Si4/c2*1-9-17(5)13-18(6,10-2)15-20(8,12-4)16-19(7,11-3)14-17/h2*9-12H,1-4H2,5-8H3. The lowest BCUT2D eigenvalue weighted by atomic mass is 11.3.